The fourth-order valence-corrected chi connectivity index (χ4v) is 8.98. The summed E-state index contributed by atoms with van der Waals surface area (Å²) in [6.45, 7) is 0. The van der Waals surface area contributed by atoms with Gasteiger partial charge >= 0.3 is 0 Å². The Morgan fingerprint density at radius 2 is 1.38 bits per heavy atom. The Bertz CT molecular complexity index is 611. The van der Waals surface area contributed by atoms with Gasteiger partial charge in [0.05, 0.1) is 11.0 Å². The van der Waals surface area contributed by atoms with E-state index in [1.165, 1.54) is 25.7 Å². The topological polar surface area (TPSA) is 80.3 Å². The van der Waals surface area contributed by atoms with E-state index in [0.29, 0.717) is 25.2 Å². The van der Waals surface area contributed by atoms with Crippen molar-refractivity contribution in [3.05, 3.63) is 0 Å². The van der Waals surface area contributed by atoms with Gasteiger partial charge in [0.25, 0.3) is 0 Å². The van der Waals surface area contributed by atoms with E-state index in [4.69, 9.17) is 0 Å². The fourth-order valence-electron chi connectivity index (χ4n) is 5.09. The van der Waals surface area contributed by atoms with Gasteiger partial charge in [0.2, 0.25) is 20.0 Å². The van der Waals surface area contributed by atoms with E-state index in [-0.39, 0.29) is 5.75 Å². The molecule has 5 nitrogen and oxygen atoms in total. The van der Waals surface area contributed by atoms with E-state index < -0.39 is 25.3 Å². The first-order chi connectivity index (χ1) is 11.3. The maximum atomic E-state index is 12.3. The largest absolute Gasteiger partial charge is 0.227 e. The van der Waals surface area contributed by atoms with Crippen LogP contribution in [0, 0.1) is 17.8 Å². The van der Waals surface area contributed by atoms with Gasteiger partial charge < -0.3 is 0 Å². The molecule has 3 fully saturated rings. The van der Waals surface area contributed by atoms with Crippen LogP contribution in [-0.4, -0.2) is 27.8 Å². The molecule has 140 valence electrons. The van der Waals surface area contributed by atoms with Crippen LogP contribution in [0.5, 0.6) is 0 Å². The number of hydrogen-bond donors (Lipinski definition) is 1. The molecule has 3 aliphatic rings. The van der Waals surface area contributed by atoms with E-state index >= 15 is 0 Å². The summed E-state index contributed by atoms with van der Waals surface area (Å²) in [5, 5.41) is -0.532. The highest BCUT2D eigenvalue weighted by Gasteiger charge is 2.34. The molecule has 0 aromatic rings. The van der Waals surface area contributed by atoms with Crippen LogP contribution in [0.15, 0.2) is 0 Å². The molecule has 7 heteroatoms. The molecule has 0 aliphatic heterocycles. The normalized spacial score (nSPS) is 32.6. The van der Waals surface area contributed by atoms with Crippen LogP contribution in [0.1, 0.15) is 77.0 Å². The Balaban J connectivity index is 1.52. The van der Waals surface area contributed by atoms with Crippen molar-refractivity contribution in [2.45, 2.75) is 82.3 Å². The summed E-state index contributed by atoms with van der Waals surface area (Å²) in [5.41, 5.74) is 0. The highest BCUT2D eigenvalue weighted by molar-refractivity contribution is 8.05. The zero-order valence-electron chi connectivity index (χ0n) is 14.5. The van der Waals surface area contributed by atoms with Crippen LogP contribution < -0.4 is 4.13 Å². The summed E-state index contributed by atoms with van der Waals surface area (Å²) in [7, 11) is -7.50. The van der Waals surface area contributed by atoms with Crippen molar-refractivity contribution in [2.75, 3.05) is 5.75 Å². The number of nitrogens with one attached hydrogen (secondary N) is 1. The lowest BCUT2D eigenvalue weighted by Crippen LogP contribution is -2.40. The fraction of sp³-hybridized carbons (Fsp3) is 1.00. The molecule has 0 heterocycles. The molecular weight excluding hydrogens is 346 g/mol. The van der Waals surface area contributed by atoms with Gasteiger partial charge in [-0.25, -0.2) is 16.8 Å². The molecule has 0 amide bonds. The monoisotopic (exact) mass is 377 g/mol. The Labute approximate surface area is 147 Å². The van der Waals surface area contributed by atoms with Gasteiger partial charge in [-0.2, -0.15) is 0 Å². The van der Waals surface area contributed by atoms with Crippen LogP contribution in [0.2, 0.25) is 0 Å². The number of sulfonamides is 2. The summed E-state index contributed by atoms with van der Waals surface area (Å²) < 4.78 is 51.3. The van der Waals surface area contributed by atoms with Crippen LogP contribution in [0.3, 0.4) is 0 Å². The lowest BCUT2D eigenvalue weighted by Gasteiger charge is -2.39. The molecule has 3 rings (SSSR count). The van der Waals surface area contributed by atoms with Gasteiger partial charge in [-0.1, -0.05) is 38.5 Å². The first-order valence-corrected chi connectivity index (χ1v) is 12.8. The van der Waals surface area contributed by atoms with Gasteiger partial charge in [0, 0.05) is 0 Å². The minimum atomic E-state index is -3.75. The van der Waals surface area contributed by atoms with Crippen molar-refractivity contribution in [3.8, 4) is 0 Å². The summed E-state index contributed by atoms with van der Waals surface area (Å²) in [6.07, 6.45) is 12.0. The second-order valence-electron chi connectivity index (χ2n) is 8.23. The maximum Gasteiger partial charge on any atom is 0.227 e. The van der Waals surface area contributed by atoms with E-state index in [0.717, 1.165) is 43.9 Å². The van der Waals surface area contributed by atoms with Crippen molar-refractivity contribution in [2.24, 2.45) is 17.8 Å². The lowest BCUT2D eigenvalue weighted by molar-refractivity contribution is 0.135. The average Bonchev–Trinajstić information content (AvgIpc) is 2.53. The Hall–Kier alpha value is -0.140. The summed E-state index contributed by atoms with van der Waals surface area (Å²) in [6, 6.07) is 0. The Morgan fingerprint density at radius 1 is 0.750 bits per heavy atom. The summed E-state index contributed by atoms with van der Waals surface area (Å²) in [4.78, 5) is 0. The third-order valence-electron chi connectivity index (χ3n) is 6.25. The van der Waals surface area contributed by atoms with E-state index in [1.807, 2.05) is 4.13 Å². The Kier molecular flexibility index (Phi) is 5.92. The van der Waals surface area contributed by atoms with Crippen molar-refractivity contribution < 1.29 is 16.8 Å². The predicted molar refractivity (Wildman–Crippen MR) is 95.5 cm³/mol. The zero-order chi connectivity index (χ0) is 17.2. The highest BCUT2D eigenvalue weighted by Crippen LogP contribution is 2.43. The first-order valence-electron chi connectivity index (χ1n) is 9.59. The molecule has 0 saturated heterocycles. The molecule has 1 N–H and O–H groups in total. The van der Waals surface area contributed by atoms with Gasteiger partial charge in [-0.15, -0.1) is 4.13 Å². The highest BCUT2D eigenvalue weighted by atomic mass is 32.3. The minimum absolute atomic E-state index is 0.0525. The molecule has 0 spiro atoms. The van der Waals surface area contributed by atoms with Crippen molar-refractivity contribution in [1.29, 1.82) is 0 Å². The van der Waals surface area contributed by atoms with Crippen LogP contribution in [0.25, 0.3) is 0 Å². The molecule has 3 aliphatic carbocycles. The molecule has 0 aromatic carbocycles. The average molecular weight is 378 g/mol. The van der Waals surface area contributed by atoms with Crippen LogP contribution in [0.4, 0.5) is 0 Å². The SMILES string of the molecule is O=S(=O)(CCC1CC2CCCC(C2)C1)NS(=O)(=O)C1CCCCC1. The standard InChI is InChI=1S/C17H31NO4S2/c19-23(20,18-24(21,22)17-7-2-1-3-8-17)10-9-16-12-14-5-4-6-15(11-14)13-16/h14-18H,1-13H2. The van der Waals surface area contributed by atoms with E-state index in [9.17, 15) is 16.8 Å². The number of hydrogen-bond acceptors (Lipinski definition) is 4. The Morgan fingerprint density at radius 3 is 2.00 bits per heavy atom. The number of rotatable bonds is 6. The van der Waals surface area contributed by atoms with Gasteiger partial charge in [0.1, 0.15) is 0 Å². The zero-order valence-corrected chi connectivity index (χ0v) is 16.1. The molecule has 2 atom stereocenters. The van der Waals surface area contributed by atoms with Gasteiger partial charge in [-0.3, -0.25) is 0 Å². The minimum Gasteiger partial charge on any atom is -0.211 e. The molecule has 2 unspecified atom stereocenters. The van der Waals surface area contributed by atoms with Crippen molar-refractivity contribution in [1.82, 2.24) is 4.13 Å². The summed E-state index contributed by atoms with van der Waals surface area (Å²) in [5.74, 6) is 1.93. The number of fused-ring (bicyclic) bond motifs is 2. The third-order valence-corrected chi connectivity index (χ3v) is 10.3. The molecule has 0 aromatic heterocycles. The van der Waals surface area contributed by atoms with Crippen LogP contribution in [-0.2, 0) is 20.0 Å². The maximum absolute atomic E-state index is 12.3. The smallest absolute Gasteiger partial charge is 0.211 e. The van der Waals surface area contributed by atoms with E-state index in [1.54, 1.807) is 0 Å². The first kappa shape index (κ1) is 18.6. The lowest BCUT2D eigenvalue weighted by atomic mass is 9.67. The molecule has 24 heavy (non-hydrogen) atoms. The molecule has 3 saturated carbocycles. The summed E-state index contributed by atoms with van der Waals surface area (Å²) >= 11 is 0. The molecule has 2 bridgehead atoms. The van der Waals surface area contributed by atoms with Crippen molar-refractivity contribution in [3.63, 3.8) is 0 Å². The second kappa shape index (κ2) is 7.62. The van der Waals surface area contributed by atoms with Crippen molar-refractivity contribution >= 4 is 20.0 Å². The quantitative estimate of drug-likeness (QED) is 0.771. The van der Waals surface area contributed by atoms with Crippen LogP contribution >= 0.6 is 0 Å². The molecular formula is C17H31NO4S2. The van der Waals surface area contributed by atoms with E-state index in [2.05, 4.69) is 0 Å². The predicted octanol–water partition coefficient (Wildman–Crippen LogP) is 3.17. The second-order valence-corrected chi connectivity index (χ2v) is 12.3. The van der Waals surface area contributed by atoms with Gasteiger partial charge in [0.15, 0.2) is 0 Å². The third kappa shape index (κ3) is 4.94. The molecule has 0 radical (unpaired) electrons. The van der Waals surface area contributed by atoms with Gasteiger partial charge in [-0.05, 0) is 56.3 Å².